The summed E-state index contributed by atoms with van der Waals surface area (Å²) in [6.45, 7) is 1.91. The predicted molar refractivity (Wildman–Crippen MR) is 96.0 cm³/mol. The third-order valence-electron chi connectivity index (χ3n) is 3.96. The Kier molecular flexibility index (Phi) is 4.79. The number of nitrogens with zero attached hydrogens (tertiary/aromatic N) is 1. The summed E-state index contributed by atoms with van der Waals surface area (Å²) in [6, 6.07) is 10.9. The highest BCUT2D eigenvalue weighted by atomic mass is 16.5. The average molecular weight is 337 g/mol. The fraction of sp³-hybridized carbons (Fsp3) is 0.211. The first-order chi connectivity index (χ1) is 12.1. The molecule has 25 heavy (non-hydrogen) atoms. The molecule has 3 aromatic rings. The number of ether oxygens (including phenoxy) is 1. The van der Waals surface area contributed by atoms with Gasteiger partial charge in [-0.2, -0.15) is 5.10 Å². The lowest BCUT2D eigenvalue weighted by Gasteiger charge is -2.09. The van der Waals surface area contributed by atoms with Crippen molar-refractivity contribution in [1.29, 1.82) is 0 Å². The van der Waals surface area contributed by atoms with E-state index in [4.69, 9.17) is 4.74 Å². The number of aryl methyl sites for hydroxylation is 1. The lowest BCUT2D eigenvalue weighted by Crippen LogP contribution is -2.14. The molecule has 0 saturated heterocycles. The number of fused-ring (bicyclic) bond motifs is 1. The SMILES string of the molecule is COc1ccc(C)cc1C(=O)CCC(=O)Nc1ccc2cn[nH]c2c1. The fourth-order valence-corrected chi connectivity index (χ4v) is 2.64. The number of rotatable bonds is 6. The van der Waals surface area contributed by atoms with Crippen molar-refractivity contribution >= 4 is 28.3 Å². The lowest BCUT2D eigenvalue weighted by atomic mass is 10.0. The van der Waals surface area contributed by atoms with Gasteiger partial charge in [-0.1, -0.05) is 11.6 Å². The highest BCUT2D eigenvalue weighted by molar-refractivity contribution is 6.02. The Morgan fingerprint density at radius 3 is 2.80 bits per heavy atom. The fourth-order valence-electron chi connectivity index (χ4n) is 2.64. The van der Waals surface area contributed by atoms with Crippen molar-refractivity contribution in [2.24, 2.45) is 0 Å². The number of hydrogen-bond acceptors (Lipinski definition) is 4. The summed E-state index contributed by atoms with van der Waals surface area (Å²) in [5.74, 6) is 0.208. The zero-order valence-corrected chi connectivity index (χ0v) is 14.1. The van der Waals surface area contributed by atoms with E-state index in [2.05, 4.69) is 15.5 Å². The molecular formula is C19H19N3O3. The van der Waals surface area contributed by atoms with E-state index < -0.39 is 0 Å². The molecule has 3 rings (SSSR count). The monoisotopic (exact) mass is 337 g/mol. The van der Waals surface area contributed by atoms with Crippen LogP contribution in [0.15, 0.2) is 42.6 Å². The van der Waals surface area contributed by atoms with Crippen molar-refractivity contribution in [3.63, 3.8) is 0 Å². The molecule has 2 N–H and O–H groups in total. The Hall–Kier alpha value is -3.15. The summed E-state index contributed by atoms with van der Waals surface area (Å²) in [7, 11) is 1.53. The van der Waals surface area contributed by atoms with Crippen molar-refractivity contribution < 1.29 is 14.3 Å². The molecule has 1 heterocycles. The second kappa shape index (κ2) is 7.17. The van der Waals surface area contributed by atoms with E-state index in [0.29, 0.717) is 17.0 Å². The molecule has 0 aliphatic heterocycles. The maximum absolute atomic E-state index is 12.4. The summed E-state index contributed by atoms with van der Waals surface area (Å²) in [4.78, 5) is 24.5. The minimum Gasteiger partial charge on any atom is -0.496 e. The number of ketones is 1. The van der Waals surface area contributed by atoms with Crippen LogP contribution in [0.5, 0.6) is 5.75 Å². The van der Waals surface area contributed by atoms with Gasteiger partial charge in [0.25, 0.3) is 0 Å². The molecule has 0 saturated carbocycles. The Morgan fingerprint density at radius 1 is 1.16 bits per heavy atom. The first-order valence-electron chi connectivity index (χ1n) is 7.97. The van der Waals surface area contributed by atoms with E-state index in [1.54, 1.807) is 24.4 Å². The van der Waals surface area contributed by atoms with E-state index in [-0.39, 0.29) is 24.5 Å². The van der Waals surface area contributed by atoms with Crippen LogP contribution in [0, 0.1) is 6.92 Å². The summed E-state index contributed by atoms with van der Waals surface area (Å²) in [5, 5.41) is 10.6. The number of aromatic nitrogens is 2. The van der Waals surface area contributed by atoms with Crippen LogP contribution in [0.25, 0.3) is 10.9 Å². The number of benzene rings is 2. The van der Waals surface area contributed by atoms with E-state index in [1.807, 2.05) is 25.1 Å². The molecule has 0 spiro atoms. The average Bonchev–Trinajstić information content (AvgIpc) is 3.07. The van der Waals surface area contributed by atoms with Gasteiger partial charge in [0.15, 0.2) is 5.78 Å². The van der Waals surface area contributed by atoms with Gasteiger partial charge >= 0.3 is 0 Å². The minimum atomic E-state index is -0.209. The summed E-state index contributed by atoms with van der Waals surface area (Å²) in [6.07, 6.45) is 1.95. The normalized spacial score (nSPS) is 10.6. The van der Waals surface area contributed by atoms with Gasteiger partial charge in [-0.15, -0.1) is 0 Å². The van der Waals surface area contributed by atoms with Gasteiger partial charge in [0, 0.05) is 23.9 Å². The maximum Gasteiger partial charge on any atom is 0.224 e. The number of amides is 1. The van der Waals surface area contributed by atoms with Gasteiger partial charge in [-0.25, -0.2) is 0 Å². The number of carbonyl (C=O) groups is 2. The molecule has 0 bridgehead atoms. The molecule has 1 amide bonds. The van der Waals surface area contributed by atoms with Crippen LogP contribution in [-0.4, -0.2) is 29.0 Å². The van der Waals surface area contributed by atoms with Crippen molar-refractivity contribution in [3.05, 3.63) is 53.7 Å². The highest BCUT2D eigenvalue weighted by Crippen LogP contribution is 2.22. The number of Topliss-reactive ketones (excluding diaryl/α,β-unsaturated/α-hetero) is 1. The topological polar surface area (TPSA) is 84.1 Å². The molecule has 0 radical (unpaired) electrons. The first-order valence-corrected chi connectivity index (χ1v) is 7.97. The maximum atomic E-state index is 12.4. The van der Waals surface area contributed by atoms with Gasteiger partial charge < -0.3 is 10.1 Å². The van der Waals surface area contributed by atoms with Crippen LogP contribution in [-0.2, 0) is 4.79 Å². The van der Waals surface area contributed by atoms with Gasteiger partial charge in [-0.3, -0.25) is 14.7 Å². The Labute approximate surface area is 145 Å². The summed E-state index contributed by atoms with van der Waals surface area (Å²) < 4.78 is 5.23. The molecular weight excluding hydrogens is 318 g/mol. The number of anilines is 1. The first kappa shape index (κ1) is 16.7. The van der Waals surface area contributed by atoms with Crippen molar-refractivity contribution in [3.8, 4) is 5.75 Å². The molecule has 6 nitrogen and oxygen atoms in total. The Bertz CT molecular complexity index is 931. The molecule has 0 aliphatic carbocycles. The molecule has 2 aromatic carbocycles. The van der Waals surface area contributed by atoms with Crippen molar-refractivity contribution in [2.75, 3.05) is 12.4 Å². The van der Waals surface area contributed by atoms with E-state index >= 15 is 0 Å². The van der Waals surface area contributed by atoms with Gasteiger partial charge in [-0.05, 0) is 37.3 Å². The second-order valence-corrected chi connectivity index (χ2v) is 5.85. The van der Waals surface area contributed by atoms with Crippen LogP contribution in [0.3, 0.4) is 0 Å². The number of nitrogens with one attached hydrogen (secondary N) is 2. The molecule has 0 aliphatic rings. The van der Waals surface area contributed by atoms with Gasteiger partial charge in [0.2, 0.25) is 5.91 Å². The van der Waals surface area contributed by atoms with Gasteiger partial charge in [0.1, 0.15) is 5.75 Å². The van der Waals surface area contributed by atoms with Crippen LogP contribution in [0.4, 0.5) is 5.69 Å². The quantitative estimate of drug-likeness (QED) is 0.675. The van der Waals surface area contributed by atoms with E-state index in [0.717, 1.165) is 16.5 Å². The van der Waals surface area contributed by atoms with Crippen LogP contribution in [0.2, 0.25) is 0 Å². The van der Waals surface area contributed by atoms with E-state index in [9.17, 15) is 9.59 Å². The molecule has 0 unspecified atom stereocenters. The summed E-state index contributed by atoms with van der Waals surface area (Å²) >= 11 is 0. The number of H-pyrrole nitrogens is 1. The molecule has 128 valence electrons. The van der Waals surface area contributed by atoms with Crippen LogP contribution >= 0.6 is 0 Å². The third kappa shape index (κ3) is 3.85. The number of methoxy groups -OCH3 is 1. The number of hydrogen-bond donors (Lipinski definition) is 2. The molecule has 6 heteroatoms. The molecule has 1 aromatic heterocycles. The molecule has 0 fully saturated rings. The Morgan fingerprint density at radius 2 is 2.00 bits per heavy atom. The number of carbonyl (C=O) groups excluding carboxylic acids is 2. The van der Waals surface area contributed by atoms with E-state index in [1.165, 1.54) is 7.11 Å². The van der Waals surface area contributed by atoms with Crippen molar-refractivity contribution in [2.45, 2.75) is 19.8 Å². The zero-order chi connectivity index (χ0) is 17.8. The van der Waals surface area contributed by atoms with Crippen molar-refractivity contribution in [1.82, 2.24) is 10.2 Å². The molecule has 0 atom stereocenters. The van der Waals surface area contributed by atoms with Crippen LogP contribution < -0.4 is 10.1 Å². The number of aromatic amines is 1. The zero-order valence-electron chi connectivity index (χ0n) is 14.1. The summed E-state index contributed by atoms with van der Waals surface area (Å²) in [5.41, 5.74) is 3.00. The third-order valence-corrected chi connectivity index (χ3v) is 3.96. The largest absolute Gasteiger partial charge is 0.496 e. The van der Waals surface area contributed by atoms with Crippen LogP contribution in [0.1, 0.15) is 28.8 Å². The highest BCUT2D eigenvalue weighted by Gasteiger charge is 2.14. The van der Waals surface area contributed by atoms with Gasteiger partial charge in [0.05, 0.1) is 24.4 Å². The minimum absolute atomic E-state index is 0.108. The standard InChI is InChI=1S/C19H19N3O3/c1-12-3-7-18(25-2)15(9-12)17(23)6-8-19(24)21-14-5-4-13-11-20-22-16(13)10-14/h3-5,7,9-11H,6,8H2,1-2H3,(H,20,22)(H,21,24). The second-order valence-electron chi connectivity index (χ2n) is 5.85. The Balaban J connectivity index is 1.61. The smallest absolute Gasteiger partial charge is 0.224 e. The predicted octanol–water partition coefficient (Wildman–Crippen LogP) is 3.48. The lowest BCUT2D eigenvalue weighted by molar-refractivity contribution is -0.116.